The number of hydrogen-bond acceptors (Lipinski definition) is 6. The number of amides is 3. The Labute approximate surface area is 296 Å². The molecule has 0 saturated carbocycles. The van der Waals surface area contributed by atoms with E-state index < -0.39 is 48.1 Å². The van der Waals surface area contributed by atoms with Gasteiger partial charge in [0.05, 0.1) is 19.1 Å². The molecule has 2 aromatic rings. The average molecular weight is 712 g/mol. The van der Waals surface area contributed by atoms with Crippen LogP contribution in [0, 0.1) is 11.2 Å². The zero-order chi connectivity index (χ0) is 35.4. The predicted octanol–water partition coefficient (Wildman–Crippen LogP) is 5.73. The van der Waals surface area contributed by atoms with E-state index in [0.717, 1.165) is 43.9 Å². The number of carbonyl (C=O) groups excluding carboxylic acids is 3. The van der Waals surface area contributed by atoms with Crippen molar-refractivity contribution in [2.24, 2.45) is 5.41 Å². The number of imide groups is 1. The molecule has 4 heterocycles. The zero-order valence-corrected chi connectivity index (χ0v) is 29.5. The van der Waals surface area contributed by atoms with Crippen molar-refractivity contribution in [3.8, 4) is 0 Å². The normalized spacial score (nSPS) is 26.4. The summed E-state index contributed by atoms with van der Waals surface area (Å²) in [5.74, 6) is -4.99. The van der Waals surface area contributed by atoms with Crippen LogP contribution in [0.4, 0.5) is 13.2 Å². The number of carbonyl (C=O) groups is 3. The third kappa shape index (κ3) is 7.11. The second-order valence-corrected chi connectivity index (χ2v) is 15.9. The number of rotatable bonds is 7. The predicted molar refractivity (Wildman–Crippen MR) is 185 cm³/mol. The number of halogens is 4. The van der Waals surface area contributed by atoms with Crippen LogP contribution in [0.3, 0.4) is 0 Å². The lowest BCUT2D eigenvalue weighted by molar-refractivity contribution is -0.137. The van der Waals surface area contributed by atoms with Crippen LogP contribution in [-0.2, 0) is 22.7 Å². The summed E-state index contributed by atoms with van der Waals surface area (Å²) in [6.07, 6.45) is 3.72. The van der Waals surface area contributed by atoms with Crippen LogP contribution in [0.25, 0.3) is 5.57 Å². The van der Waals surface area contributed by atoms with Crippen LogP contribution in [0.1, 0.15) is 79.4 Å². The highest BCUT2D eigenvalue weighted by Gasteiger charge is 2.48. The number of piperazine rings is 1. The number of piperidine rings is 2. The molecule has 3 amide bonds. The minimum Gasteiger partial charge on any atom is -0.322 e. The third-order valence-corrected chi connectivity index (χ3v) is 11.7. The molecule has 0 aromatic heterocycles. The summed E-state index contributed by atoms with van der Waals surface area (Å²) in [6, 6.07) is 9.38. The number of likely N-dealkylation sites (tertiary alicyclic amines) is 1. The van der Waals surface area contributed by atoms with Gasteiger partial charge < -0.3 is 4.90 Å². The van der Waals surface area contributed by atoms with E-state index in [1.54, 1.807) is 4.90 Å². The Bertz CT molecular complexity index is 1710. The lowest BCUT2D eigenvalue weighted by Crippen LogP contribution is -2.61. The van der Waals surface area contributed by atoms with Gasteiger partial charge >= 0.3 is 0 Å². The van der Waals surface area contributed by atoms with Crippen LogP contribution in [0.15, 0.2) is 42.0 Å². The van der Waals surface area contributed by atoms with Crippen molar-refractivity contribution in [3.63, 3.8) is 0 Å². The molecule has 5 aliphatic rings. The second-order valence-electron chi connectivity index (χ2n) is 15.5. The summed E-state index contributed by atoms with van der Waals surface area (Å²) in [5.41, 5.74) is 4.85. The summed E-state index contributed by atoms with van der Waals surface area (Å²) in [5, 5.41) is 2.96. The average Bonchev–Trinajstić information content (AvgIpc) is 3.40. The van der Waals surface area contributed by atoms with Gasteiger partial charge in [-0.05, 0) is 66.9 Å². The number of alkyl halides is 2. The second kappa shape index (κ2) is 13.7. The first kappa shape index (κ1) is 35.2. The van der Waals surface area contributed by atoms with Crippen LogP contribution >= 0.6 is 11.6 Å². The van der Waals surface area contributed by atoms with Gasteiger partial charge in [-0.1, -0.05) is 49.2 Å². The number of allylic oxidation sites excluding steroid dienone is 1. The lowest BCUT2D eigenvalue weighted by Gasteiger charge is -2.46. The maximum Gasteiger partial charge on any atom is 0.275 e. The molecule has 0 radical (unpaired) electrons. The van der Waals surface area contributed by atoms with Crippen LogP contribution < -0.4 is 5.32 Å². The molecule has 12 heteroatoms. The largest absolute Gasteiger partial charge is 0.322 e. The van der Waals surface area contributed by atoms with E-state index >= 15 is 13.2 Å². The Morgan fingerprint density at radius 2 is 1.64 bits per heavy atom. The fraction of sp³-hybridized carbons (Fsp3) is 0.553. The molecule has 1 aliphatic carbocycles. The minimum atomic E-state index is -2.97. The molecule has 50 heavy (non-hydrogen) atoms. The molecule has 0 spiro atoms. The summed E-state index contributed by atoms with van der Waals surface area (Å²) < 4.78 is 47.3. The van der Waals surface area contributed by atoms with Gasteiger partial charge in [-0.2, -0.15) is 0 Å². The van der Waals surface area contributed by atoms with Gasteiger partial charge in [0.15, 0.2) is 0 Å². The molecule has 3 saturated heterocycles. The van der Waals surface area contributed by atoms with Gasteiger partial charge in [0, 0.05) is 73.9 Å². The fourth-order valence-electron chi connectivity index (χ4n) is 8.57. The summed E-state index contributed by atoms with van der Waals surface area (Å²) in [4.78, 5) is 44.2. The van der Waals surface area contributed by atoms with Crippen molar-refractivity contribution in [2.75, 3.05) is 45.8 Å². The Hall–Kier alpha value is -3.25. The first-order valence-corrected chi connectivity index (χ1v) is 18.1. The summed E-state index contributed by atoms with van der Waals surface area (Å²) in [6.45, 7) is 7.93. The van der Waals surface area contributed by atoms with Gasteiger partial charge in [-0.15, -0.1) is 0 Å². The highest BCUT2D eigenvalue weighted by atomic mass is 35.5. The van der Waals surface area contributed by atoms with Crippen LogP contribution in [0.2, 0.25) is 5.02 Å². The molecule has 4 aliphatic heterocycles. The van der Waals surface area contributed by atoms with Crippen molar-refractivity contribution < 1.29 is 27.6 Å². The van der Waals surface area contributed by atoms with Crippen molar-refractivity contribution in [1.82, 2.24) is 24.9 Å². The lowest BCUT2D eigenvalue weighted by atomic mass is 9.72. The van der Waals surface area contributed by atoms with Gasteiger partial charge in [0.25, 0.3) is 11.8 Å². The van der Waals surface area contributed by atoms with E-state index in [2.05, 4.69) is 36.2 Å². The van der Waals surface area contributed by atoms with Gasteiger partial charge in [-0.3, -0.25) is 34.4 Å². The van der Waals surface area contributed by atoms with E-state index in [9.17, 15) is 14.4 Å². The SMILES string of the molecule is CC1(C)CCC(CN2CCN(C3CCN(Cc4ccc5c(c4F)CN(C4CCC(=O)NC4=O)C5=O)CC3(F)F)CC2)=C(c2ccc(Cl)cc2)C1. The number of fused-ring (bicyclic) bond motifs is 1. The monoisotopic (exact) mass is 711 g/mol. The zero-order valence-electron chi connectivity index (χ0n) is 28.8. The first-order valence-electron chi connectivity index (χ1n) is 17.8. The summed E-state index contributed by atoms with van der Waals surface area (Å²) in [7, 11) is 0. The fourth-order valence-corrected chi connectivity index (χ4v) is 8.69. The van der Waals surface area contributed by atoms with Crippen LogP contribution in [-0.4, -0.2) is 101 Å². The molecular formula is C38H45ClF3N5O3. The van der Waals surface area contributed by atoms with E-state index in [1.165, 1.54) is 33.7 Å². The van der Waals surface area contributed by atoms with Crippen LogP contribution in [0.5, 0.6) is 0 Å². The van der Waals surface area contributed by atoms with E-state index in [0.29, 0.717) is 19.6 Å². The Balaban J connectivity index is 0.954. The maximum absolute atomic E-state index is 15.8. The quantitative estimate of drug-likeness (QED) is 0.370. The molecule has 3 fully saturated rings. The van der Waals surface area contributed by atoms with Crippen molar-refractivity contribution in [1.29, 1.82) is 0 Å². The van der Waals surface area contributed by atoms with E-state index in [-0.39, 0.29) is 54.5 Å². The number of hydrogen-bond donors (Lipinski definition) is 1. The highest BCUT2D eigenvalue weighted by molar-refractivity contribution is 6.30. The number of benzene rings is 2. The van der Waals surface area contributed by atoms with Crippen molar-refractivity contribution >= 4 is 34.9 Å². The molecule has 2 atom stereocenters. The van der Waals surface area contributed by atoms with E-state index in [4.69, 9.17) is 11.6 Å². The molecular weight excluding hydrogens is 667 g/mol. The first-order chi connectivity index (χ1) is 23.8. The molecule has 0 bridgehead atoms. The smallest absolute Gasteiger partial charge is 0.275 e. The minimum absolute atomic E-state index is 0.00365. The van der Waals surface area contributed by atoms with E-state index in [1.807, 2.05) is 17.0 Å². The Kier molecular flexibility index (Phi) is 9.64. The van der Waals surface area contributed by atoms with Gasteiger partial charge in [0.1, 0.15) is 11.9 Å². The molecule has 2 unspecified atom stereocenters. The Morgan fingerprint density at radius 3 is 2.34 bits per heavy atom. The van der Waals surface area contributed by atoms with Crippen molar-refractivity contribution in [2.45, 2.75) is 83.5 Å². The van der Waals surface area contributed by atoms with Gasteiger partial charge in [-0.25, -0.2) is 13.2 Å². The number of nitrogens with one attached hydrogen (secondary N) is 1. The molecule has 8 nitrogen and oxygen atoms in total. The summed E-state index contributed by atoms with van der Waals surface area (Å²) >= 11 is 6.17. The topological polar surface area (TPSA) is 76.2 Å². The Morgan fingerprint density at radius 1 is 0.900 bits per heavy atom. The maximum atomic E-state index is 15.8. The standard InChI is InChI=1S/C38H45ClF3N5O3/c1-37(2)13-11-25(29(19-37)24-3-6-27(39)7-4-24)20-44-15-17-46(18-16-44)32-12-14-45(23-38(32,41)42)21-26-5-8-28-30(34(26)40)22-47(36(28)50)31-9-10-33(48)43-35(31)49/h3-8,31-32H,9-23H2,1-2H3,(H,43,48,49). The van der Waals surface area contributed by atoms with Crippen molar-refractivity contribution in [3.05, 3.63) is 75.1 Å². The highest BCUT2D eigenvalue weighted by Crippen LogP contribution is 2.43. The van der Waals surface area contributed by atoms with Gasteiger partial charge in [0.2, 0.25) is 11.8 Å². The molecule has 7 rings (SSSR count). The molecule has 2 aromatic carbocycles. The third-order valence-electron chi connectivity index (χ3n) is 11.4. The molecule has 268 valence electrons. The molecule has 1 N–H and O–H groups in total. The number of nitrogens with zero attached hydrogens (tertiary/aromatic N) is 4.